The van der Waals surface area contributed by atoms with E-state index in [1.165, 1.54) is 0 Å². The predicted molar refractivity (Wildman–Crippen MR) is 157 cm³/mol. The molecule has 1 aromatic heterocycles. The Hall–Kier alpha value is -4.37. The number of ketones is 1. The minimum atomic E-state index is -0.114. The van der Waals surface area contributed by atoms with E-state index in [0.29, 0.717) is 52.1 Å². The van der Waals surface area contributed by atoms with Crippen molar-refractivity contribution < 1.29 is 23.7 Å². The first-order chi connectivity index (χ1) is 18.9. The number of nitrogens with one attached hydrogen (secondary N) is 2. The average Bonchev–Trinajstić information content (AvgIpc) is 2.95. The van der Waals surface area contributed by atoms with E-state index in [1.54, 1.807) is 40.8 Å². The number of benzene rings is 2. The van der Waals surface area contributed by atoms with Gasteiger partial charge in [0.25, 0.3) is 0 Å². The molecule has 8 nitrogen and oxygen atoms in total. The van der Waals surface area contributed by atoms with Gasteiger partial charge in [0.2, 0.25) is 0 Å². The van der Waals surface area contributed by atoms with Crippen LogP contribution in [0.5, 0.6) is 23.0 Å². The second kappa shape index (κ2) is 12.9. The summed E-state index contributed by atoms with van der Waals surface area (Å²) in [5.41, 5.74) is 3.75. The predicted octanol–water partition coefficient (Wildman–Crippen LogP) is 5.30. The molecule has 0 unspecified atom stereocenters. The molecule has 1 saturated carbocycles. The molecule has 0 aliphatic heterocycles. The van der Waals surface area contributed by atoms with Crippen LogP contribution in [0.15, 0.2) is 72.1 Å². The van der Waals surface area contributed by atoms with E-state index in [2.05, 4.69) is 15.6 Å². The van der Waals surface area contributed by atoms with Crippen LogP contribution in [0.25, 0.3) is 12.2 Å². The number of thiocarbonyl (C=S) groups is 1. The fraction of sp³-hybridized carbons (Fsp3) is 0.233. The summed E-state index contributed by atoms with van der Waals surface area (Å²) in [6.45, 7) is 0. The molecule has 1 aliphatic rings. The summed E-state index contributed by atoms with van der Waals surface area (Å²) in [4.78, 5) is 17.8. The second-order valence-corrected chi connectivity index (χ2v) is 9.25. The highest BCUT2D eigenvalue weighted by Gasteiger charge is 2.28. The number of rotatable bonds is 8. The lowest BCUT2D eigenvalue weighted by Crippen LogP contribution is -2.41. The number of carbonyl (C=O) groups is 1. The lowest BCUT2D eigenvalue weighted by atomic mass is 9.83. The number of ether oxygens (including phenoxy) is 4. The molecule has 1 heterocycles. The standard InChI is InChI=1S/C30H31N3O5S/c1-35-25-9-7-19(14-27(25)37-3)12-21-16-24(33-30(39)32-23-6-5-11-31-18-23)17-22(29(21)34)13-20-8-10-26(36-2)28(15-20)38-4/h5-15,18,24H,16-17H2,1-4H3,(H2,32,33,39)/b21-12+,22-13+. The largest absolute Gasteiger partial charge is 0.493 e. The molecule has 2 N–H and O–H groups in total. The molecule has 1 aliphatic carbocycles. The molecule has 202 valence electrons. The Balaban J connectivity index is 1.66. The van der Waals surface area contributed by atoms with Gasteiger partial charge in [-0.3, -0.25) is 9.78 Å². The SMILES string of the molecule is COc1ccc(/C=C2\CC(NC(=S)Nc3cccnc3)C/C(=C\c3ccc(OC)c(OC)c3)C2=O)cc1OC. The van der Waals surface area contributed by atoms with Crippen molar-refractivity contribution in [2.45, 2.75) is 18.9 Å². The maximum Gasteiger partial charge on any atom is 0.185 e. The van der Waals surface area contributed by atoms with Crippen LogP contribution in [0.1, 0.15) is 24.0 Å². The van der Waals surface area contributed by atoms with Crippen molar-refractivity contribution in [3.05, 3.63) is 83.2 Å². The van der Waals surface area contributed by atoms with E-state index in [9.17, 15) is 4.79 Å². The second-order valence-electron chi connectivity index (χ2n) is 8.84. The molecule has 39 heavy (non-hydrogen) atoms. The molecule has 0 radical (unpaired) electrons. The Morgan fingerprint density at radius 2 is 1.38 bits per heavy atom. The fourth-order valence-electron chi connectivity index (χ4n) is 4.42. The van der Waals surface area contributed by atoms with Crippen LogP contribution in [0, 0.1) is 0 Å². The van der Waals surface area contributed by atoms with Crippen molar-refractivity contribution in [2.75, 3.05) is 33.8 Å². The summed E-state index contributed by atoms with van der Waals surface area (Å²) in [5.74, 6) is 2.40. The van der Waals surface area contributed by atoms with E-state index in [0.717, 1.165) is 16.8 Å². The zero-order chi connectivity index (χ0) is 27.8. The van der Waals surface area contributed by atoms with Gasteiger partial charge in [0.05, 0.1) is 40.3 Å². The molecule has 9 heteroatoms. The lowest BCUT2D eigenvalue weighted by Gasteiger charge is -2.28. The number of hydrogen-bond acceptors (Lipinski definition) is 7. The number of Topliss-reactive ketones (excluding diaryl/α,β-unsaturated/α-hetero) is 1. The van der Waals surface area contributed by atoms with Gasteiger partial charge >= 0.3 is 0 Å². The number of hydrogen-bond donors (Lipinski definition) is 2. The average molecular weight is 546 g/mol. The molecule has 3 aromatic rings. The summed E-state index contributed by atoms with van der Waals surface area (Å²) in [6.07, 6.45) is 8.15. The van der Waals surface area contributed by atoms with Crippen molar-refractivity contribution in [1.82, 2.24) is 10.3 Å². The third-order valence-electron chi connectivity index (χ3n) is 6.27. The molecule has 0 bridgehead atoms. The van der Waals surface area contributed by atoms with Crippen LogP contribution in [0.4, 0.5) is 5.69 Å². The van der Waals surface area contributed by atoms with Gasteiger partial charge in [-0.1, -0.05) is 12.1 Å². The quantitative estimate of drug-likeness (QED) is 0.289. The van der Waals surface area contributed by atoms with Crippen LogP contribution in [-0.4, -0.2) is 50.4 Å². The number of methoxy groups -OCH3 is 4. The summed E-state index contributed by atoms with van der Waals surface area (Å²) in [5, 5.41) is 6.99. The number of aromatic nitrogens is 1. The molecule has 0 saturated heterocycles. The molecule has 0 spiro atoms. The molecule has 4 rings (SSSR count). The Morgan fingerprint density at radius 1 is 0.846 bits per heavy atom. The highest BCUT2D eigenvalue weighted by molar-refractivity contribution is 7.80. The highest BCUT2D eigenvalue weighted by atomic mass is 32.1. The van der Waals surface area contributed by atoms with Crippen LogP contribution in [0.3, 0.4) is 0 Å². The number of carbonyl (C=O) groups excluding carboxylic acids is 1. The van der Waals surface area contributed by atoms with E-state index in [4.69, 9.17) is 31.2 Å². The smallest absolute Gasteiger partial charge is 0.185 e. The molecule has 2 aromatic carbocycles. The van der Waals surface area contributed by atoms with Crippen molar-refractivity contribution in [3.63, 3.8) is 0 Å². The van der Waals surface area contributed by atoms with Crippen molar-refractivity contribution in [2.24, 2.45) is 0 Å². The van der Waals surface area contributed by atoms with Crippen LogP contribution in [0.2, 0.25) is 0 Å². The van der Waals surface area contributed by atoms with E-state index < -0.39 is 0 Å². The zero-order valence-corrected chi connectivity index (χ0v) is 23.1. The monoisotopic (exact) mass is 545 g/mol. The maximum absolute atomic E-state index is 13.7. The summed E-state index contributed by atoms with van der Waals surface area (Å²) >= 11 is 5.57. The van der Waals surface area contributed by atoms with Crippen LogP contribution in [-0.2, 0) is 4.79 Å². The Morgan fingerprint density at radius 3 is 1.85 bits per heavy atom. The molecule has 1 fully saturated rings. The van der Waals surface area contributed by atoms with Crippen molar-refractivity contribution in [1.29, 1.82) is 0 Å². The topological polar surface area (TPSA) is 90.9 Å². The van der Waals surface area contributed by atoms with Crippen LogP contribution < -0.4 is 29.6 Å². The first-order valence-electron chi connectivity index (χ1n) is 12.3. The first-order valence-corrected chi connectivity index (χ1v) is 12.7. The Labute approximate surface area is 233 Å². The highest BCUT2D eigenvalue weighted by Crippen LogP contribution is 2.33. The Bertz CT molecular complexity index is 1330. The van der Waals surface area contributed by atoms with Gasteiger partial charge in [0.1, 0.15) is 0 Å². The summed E-state index contributed by atoms with van der Waals surface area (Å²) < 4.78 is 21.6. The van der Waals surface area contributed by atoms with Gasteiger partial charge < -0.3 is 29.6 Å². The van der Waals surface area contributed by atoms with Gasteiger partial charge in [-0.2, -0.15) is 0 Å². The van der Waals surface area contributed by atoms with Crippen molar-refractivity contribution in [3.8, 4) is 23.0 Å². The van der Waals surface area contributed by atoms with Crippen LogP contribution >= 0.6 is 12.2 Å². The molecule has 0 atom stereocenters. The minimum Gasteiger partial charge on any atom is -0.493 e. The van der Waals surface area contributed by atoms with Gasteiger partial charge in [0, 0.05) is 23.4 Å². The number of anilines is 1. The van der Waals surface area contributed by atoms with Gasteiger partial charge in [0.15, 0.2) is 33.9 Å². The van der Waals surface area contributed by atoms with Gasteiger partial charge in [-0.25, -0.2) is 0 Å². The third-order valence-corrected chi connectivity index (χ3v) is 6.49. The van der Waals surface area contributed by atoms with Gasteiger partial charge in [-0.15, -0.1) is 0 Å². The fourth-order valence-corrected chi connectivity index (χ4v) is 4.71. The zero-order valence-electron chi connectivity index (χ0n) is 22.3. The molecular formula is C30H31N3O5S. The Kier molecular flexibility index (Phi) is 9.17. The van der Waals surface area contributed by atoms with E-state index in [-0.39, 0.29) is 11.8 Å². The lowest BCUT2D eigenvalue weighted by molar-refractivity contribution is -0.113. The first kappa shape index (κ1) is 27.7. The number of pyridine rings is 1. The minimum absolute atomic E-state index is 0.0243. The summed E-state index contributed by atoms with van der Waals surface area (Å²) in [6, 6.07) is 14.7. The molecular weight excluding hydrogens is 514 g/mol. The van der Waals surface area contributed by atoms with E-state index in [1.807, 2.05) is 60.7 Å². The normalized spacial score (nSPS) is 17.0. The number of nitrogens with zero attached hydrogens (tertiary/aromatic N) is 1. The molecule has 0 amide bonds. The maximum atomic E-state index is 13.7. The summed E-state index contributed by atoms with van der Waals surface area (Å²) in [7, 11) is 6.34. The van der Waals surface area contributed by atoms with Crippen molar-refractivity contribution >= 4 is 41.0 Å². The van der Waals surface area contributed by atoms with E-state index >= 15 is 0 Å². The van der Waals surface area contributed by atoms with Gasteiger partial charge in [-0.05, 0) is 84.7 Å². The third kappa shape index (κ3) is 6.94.